The summed E-state index contributed by atoms with van der Waals surface area (Å²) in [7, 11) is 0. The van der Waals surface area contributed by atoms with Crippen molar-refractivity contribution >= 4 is 39.5 Å². The van der Waals surface area contributed by atoms with Gasteiger partial charge >= 0.3 is 0 Å². The normalized spacial score (nSPS) is 11.5. The zero-order valence-corrected chi connectivity index (χ0v) is 14.3. The number of hydrogen-bond acceptors (Lipinski definition) is 3. The Hall–Kier alpha value is -1.27. The summed E-state index contributed by atoms with van der Waals surface area (Å²) in [6, 6.07) is 6.59. The van der Waals surface area contributed by atoms with Gasteiger partial charge in [-0.05, 0) is 46.5 Å². The SMILES string of the molecule is C=CCNC(=O)[C@@H](CCSC)NC(=O)c1ccccc1Br. The van der Waals surface area contributed by atoms with Gasteiger partial charge in [-0.15, -0.1) is 6.58 Å². The van der Waals surface area contributed by atoms with Crippen molar-refractivity contribution in [3.63, 3.8) is 0 Å². The molecule has 0 aliphatic carbocycles. The molecule has 2 N–H and O–H groups in total. The van der Waals surface area contributed by atoms with Crippen molar-refractivity contribution in [1.29, 1.82) is 0 Å². The Balaban J connectivity index is 2.75. The van der Waals surface area contributed by atoms with E-state index in [1.165, 1.54) is 0 Å². The fourth-order valence-electron chi connectivity index (χ4n) is 1.68. The number of nitrogens with one attached hydrogen (secondary N) is 2. The minimum Gasteiger partial charge on any atom is -0.351 e. The molecule has 0 bridgehead atoms. The van der Waals surface area contributed by atoms with Crippen molar-refractivity contribution < 1.29 is 9.59 Å². The Bertz CT molecular complexity index is 508. The quantitative estimate of drug-likeness (QED) is 0.691. The monoisotopic (exact) mass is 370 g/mol. The molecule has 4 nitrogen and oxygen atoms in total. The zero-order valence-electron chi connectivity index (χ0n) is 11.9. The van der Waals surface area contributed by atoms with E-state index in [-0.39, 0.29) is 11.8 Å². The van der Waals surface area contributed by atoms with E-state index >= 15 is 0 Å². The summed E-state index contributed by atoms with van der Waals surface area (Å²) >= 11 is 4.98. The molecule has 0 unspecified atom stereocenters. The number of halogens is 1. The molecule has 0 saturated heterocycles. The first-order valence-electron chi connectivity index (χ1n) is 6.53. The van der Waals surface area contributed by atoms with E-state index in [4.69, 9.17) is 0 Å². The minimum absolute atomic E-state index is 0.190. The van der Waals surface area contributed by atoms with E-state index < -0.39 is 6.04 Å². The molecule has 0 fully saturated rings. The maximum Gasteiger partial charge on any atom is 0.253 e. The number of amides is 2. The zero-order chi connectivity index (χ0) is 15.7. The van der Waals surface area contributed by atoms with Gasteiger partial charge in [0.25, 0.3) is 5.91 Å². The molecule has 0 heterocycles. The first kappa shape index (κ1) is 17.8. The molecule has 21 heavy (non-hydrogen) atoms. The van der Waals surface area contributed by atoms with Gasteiger partial charge in [-0.25, -0.2) is 0 Å². The lowest BCUT2D eigenvalue weighted by Gasteiger charge is -2.18. The van der Waals surface area contributed by atoms with Gasteiger partial charge < -0.3 is 10.6 Å². The number of carbonyl (C=O) groups is 2. The van der Waals surface area contributed by atoms with Crippen molar-refractivity contribution in [3.8, 4) is 0 Å². The summed E-state index contributed by atoms with van der Waals surface area (Å²) in [5, 5.41) is 5.51. The van der Waals surface area contributed by atoms with Gasteiger partial charge in [-0.1, -0.05) is 18.2 Å². The van der Waals surface area contributed by atoms with Crippen LogP contribution in [0.25, 0.3) is 0 Å². The lowest BCUT2D eigenvalue weighted by molar-refractivity contribution is -0.122. The van der Waals surface area contributed by atoms with Crippen LogP contribution in [-0.2, 0) is 4.79 Å². The topological polar surface area (TPSA) is 58.2 Å². The standard InChI is InChI=1S/C15H19BrN2O2S/c1-3-9-17-15(20)13(8-10-21-2)18-14(19)11-6-4-5-7-12(11)16/h3-7,13H,1,8-10H2,2H3,(H,17,20)(H,18,19)/t13-/m1/s1. The van der Waals surface area contributed by atoms with Crippen molar-refractivity contribution in [2.45, 2.75) is 12.5 Å². The Morgan fingerprint density at radius 2 is 2.14 bits per heavy atom. The molecule has 0 aliphatic heterocycles. The highest BCUT2D eigenvalue weighted by Crippen LogP contribution is 2.16. The van der Waals surface area contributed by atoms with E-state index in [9.17, 15) is 9.59 Å². The molecule has 0 aliphatic rings. The number of thioether (sulfide) groups is 1. The van der Waals surface area contributed by atoms with Crippen molar-refractivity contribution in [3.05, 3.63) is 47.0 Å². The molecule has 1 atom stereocenters. The fourth-order valence-corrected chi connectivity index (χ4v) is 2.62. The highest BCUT2D eigenvalue weighted by atomic mass is 79.9. The molecule has 1 aromatic rings. The van der Waals surface area contributed by atoms with Gasteiger partial charge in [-0.3, -0.25) is 9.59 Å². The van der Waals surface area contributed by atoms with E-state index in [1.54, 1.807) is 36.0 Å². The summed E-state index contributed by atoms with van der Waals surface area (Å²) < 4.78 is 0.706. The third-order valence-corrected chi connectivity index (χ3v) is 4.11. The Kier molecular flexibility index (Phi) is 8.15. The number of rotatable bonds is 8. The average Bonchev–Trinajstić information content (AvgIpc) is 2.49. The Morgan fingerprint density at radius 1 is 1.43 bits per heavy atom. The van der Waals surface area contributed by atoms with Crippen molar-refractivity contribution in [2.24, 2.45) is 0 Å². The highest BCUT2D eigenvalue weighted by Gasteiger charge is 2.21. The van der Waals surface area contributed by atoms with Gasteiger partial charge in [0.05, 0.1) is 5.56 Å². The summed E-state index contributed by atoms with van der Waals surface area (Å²) in [4.78, 5) is 24.3. The van der Waals surface area contributed by atoms with E-state index in [2.05, 4.69) is 33.1 Å². The number of hydrogen-bond donors (Lipinski definition) is 2. The lowest BCUT2D eigenvalue weighted by Crippen LogP contribution is -2.47. The highest BCUT2D eigenvalue weighted by molar-refractivity contribution is 9.10. The summed E-state index contributed by atoms with van der Waals surface area (Å²) in [6.45, 7) is 3.95. The van der Waals surface area contributed by atoms with Crippen LogP contribution in [0, 0.1) is 0 Å². The first-order valence-corrected chi connectivity index (χ1v) is 8.71. The molecule has 6 heteroatoms. The molecule has 1 rings (SSSR count). The average molecular weight is 371 g/mol. The second-order valence-corrected chi connectivity index (χ2v) is 6.16. The van der Waals surface area contributed by atoms with Crippen LogP contribution in [0.3, 0.4) is 0 Å². The minimum atomic E-state index is -0.544. The van der Waals surface area contributed by atoms with E-state index in [1.807, 2.05) is 12.3 Å². The fraction of sp³-hybridized carbons (Fsp3) is 0.333. The second-order valence-electron chi connectivity index (χ2n) is 4.32. The Morgan fingerprint density at radius 3 is 2.76 bits per heavy atom. The molecule has 2 amide bonds. The third-order valence-electron chi connectivity index (χ3n) is 2.77. The molecule has 1 aromatic carbocycles. The molecule has 0 saturated carbocycles. The number of benzene rings is 1. The molecular weight excluding hydrogens is 352 g/mol. The summed E-state index contributed by atoms with van der Waals surface area (Å²) in [5.74, 6) is 0.342. The lowest BCUT2D eigenvalue weighted by atomic mass is 10.1. The van der Waals surface area contributed by atoms with E-state index in [0.29, 0.717) is 23.0 Å². The Labute approximate surface area is 137 Å². The molecular formula is C15H19BrN2O2S. The predicted octanol–water partition coefficient (Wildman–Crippen LogP) is 2.60. The van der Waals surface area contributed by atoms with Gasteiger partial charge in [-0.2, -0.15) is 11.8 Å². The smallest absolute Gasteiger partial charge is 0.253 e. The first-order chi connectivity index (χ1) is 10.1. The molecule has 0 radical (unpaired) electrons. The van der Waals surface area contributed by atoms with Crippen LogP contribution in [0.1, 0.15) is 16.8 Å². The predicted molar refractivity (Wildman–Crippen MR) is 91.6 cm³/mol. The van der Waals surface area contributed by atoms with Gasteiger partial charge in [0, 0.05) is 11.0 Å². The van der Waals surface area contributed by atoms with Crippen LogP contribution in [0.15, 0.2) is 41.4 Å². The van der Waals surface area contributed by atoms with Gasteiger partial charge in [0.1, 0.15) is 6.04 Å². The van der Waals surface area contributed by atoms with Crippen LogP contribution < -0.4 is 10.6 Å². The van der Waals surface area contributed by atoms with Crippen LogP contribution in [0.5, 0.6) is 0 Å². The maximum absolute atomic E-state index is 12.3. The van der Waals surface area contributed by atoms with Crippen molar-refractivity contribution in [1.82, 2.24) is 10.6 Å². The maximum atomic E-state index is 12.3. The second kappa shape index (κ2) is 9.63. The largest absolute Gasteiger partial charge is 0.351 e. The summed E-state index contributed by atoms with van der Waals surface area (Å²) in [5.41, 5.74) is 0.517. The van der Waals surface area contributed by atoms with E-state index in [0.717, 1.165) is 5.75 Å². The van der Waals surface area contributed by atoms with Gasteiger partial charge in [0.2, 0.25) is 5.91 Å². The third kappa shape index (κ3) is 5.93. The molecule has 0 spiro atoms. The summed E-state index contributed by atoms with van der Waals surface area (Å²) in [6.07, 6.45) is 4.16. The van der Waals surface area contributed by atoms with Crippen LogP contribution in [-0.4, -0.2) is 36.4 Å². The number of carbonyl (C=O) groups excluding carboxylic acids is 2. The van der Waals surface area contributed by atoms with Crippen LogP contribution in [0.4, 0.5) is 0 Å². The molecule has 0 aromatic heterocycles. The van der Waals surface area contributed by atoms with Crippen LogP contribution >= 0.6 is 27.7 Å². The van der Waals surface area contributed by atoms with Gasteiger partial charge in [0.15, 0.2) is 0 Å². The van der Waals surface area contributed by atoms with Crippen molar-refractivity contribution in [2.75, 3.05) is 18.6 Å². The molecule has 114 valence electrons. The van der Waals surface area contributed by atoms with Crippen LogP contribution in [0.2, 0.25) is 0 Å².